The number of hydrogen-bond donors (Lipinski definition) is 4. The average Bonchev–Trinajstić information content (AvgIpc) is 3.30. The number of hydrogen-bond acceptors (Lipinski definition) is 6. The SMILES string of the molecule is CC(C)(N)C(=O)NC(CCCc1ccccc1)C(=O)N1CCC2(CC1)CNc1ccccc12.CC(C)C(=O)NS(=O)P. The second-order valence-corrected chi connectivity index (χ2v) is 14.1. The Morgan fingerprint density at radius 2 is 1.69 bits per heavy atom. The van der Waals surface area contributed by atoms with Crippen LogP contribution in [0.2, 0.25) is 0 Å². The van der Waals surface area contributed by atoms with Gasteiger partial charge in [0.15, 0.2) is 0 Å². The molecule has 11 heteroatoms. The standard InChI is InChI=1S/C27H36N4O2.C4H10NO2PS/c1-26(2,28)25(33)30-23(14-8-11-20-9-4-3-5-10-20)24(32)31-17-15-27(16-18-31)19-29-22-13-7-6-12-21(22)27;1-3(2)4(6)5-9(7)8/h3-7,9-10,12-13,23,29H,8,11,14-19,28H2,1-2H3,(H,30,33);3H,8H2,1-2H3,(H,5,6). The number of piperidine rings is 1. The lowest BCUT2D eigenvalue weighted by molar-refractivity contribution is -0.139. The van der Waals surface area contributed by atoms with Crippen LogP contribution in [-0.2, 0) is 36.8 Å². The van der Waals surface area contributed by atoms with Gasteiger partial charge in [0.2, 0.25) is 17.7 Å². The zero-order valence-electron chi connectivity index (χ0n) is 25.2. The van der Waals surface area contributed by atoms with Crippen molar-refractivity contribution in [1.29, 1.82) is 0 Å². The van der Waals surface area contributed by atoms with E-state index >= 15 is 0 Å². The highest BCUT2D eigenvalue weighted by atomic mass is 32.7. The van der Waals surface area contributed by atoms with E-state index in [0.717, 1.165) is 32.2 Å². The van der Waals surface area contributed by atoms with Gasteiger partial charge in [-0.25, -0.2) is 4.21 Å². The minimum absolute atomic E-state index is 0.00903. The van der Waals surface area contributed by atoms with Gasteiger partial charge >= 0.3 is 0 Å². The lowest BCUT2D eigenvalue weighted by Crippen LogP contribution is -2.57. The normalized spacial score (nSPS) is 16.9. The molecule has 2 heterocycles. The maximum Gasteiger partial charge on any atom is 0.245 e. The number of carbonyl (C=O) groups excluding carboxylic acids is 3. The lowest BCUT2D eigenvalue weighted by atomic mass is 9.74. The molecule has 1 spiro atoms. The molecule has 5 N–H and O–H groups in total. The zero-order chi connectivity index (χ0) is 30.9. The fraction of sp³-hybridized carbons (Fsp3) is 0.516. The van der Waals surface area contributed by atoms with Gasteiger partial charge in [0.05, 0.1) is 5.54 Å². The molecule has 0 aromatic heterocycles. The van der Waals surface area contributed by atoms with Crippen LogP contribution < -0.4 is 21.1 Å². The van der Waals surface area contributed by atoms with Gasteiger partial charge in [-0.15, -0.1) is 0 Å². The third-order valence-corrected chi connectivity index (χ3v) is 8.62. The summed E-state index contributed by atoms with van der Waals surface area (Å²) >= 11 is 0. The van der Waals surface area contributed by atoms with Crippen LogP contribution in [0.1, 0.15) is 64.5 Å². The first-order valence-corrected chi connectivity index (χ1v) is 17.2. The summed E-state index contributed by atoms with van der Waals surface area (Å²) in [5.74, 6) is -0.574. The van der Waals surface area contributed by atoms with Crippen molar-refractivity contribution in [3.8, 4) is 0 Å². The number of anilines is 1. The number of benzene rings is 2. The third kappa shape index (κ3) is 9.35. The van der Waals surface area contributed by atoms with Crippen molar-refractivity contribution in [2.45, 2.75) is 76.8 Å². The van der Waals surface area contributed by atoms with Crippen LogP contribution in [0.15, 0.2) is 54.6 Å². The number of rotatable bonds is 9. The highest BCUT2D eigenvalue weighted by Gasteiger charge is 2.43. The van der Waals surface area contributed by atoms with Gasteiger partial charge in [0.25, 0.3) is 0 Å². The predicted octanol–water partition coefficient (Wildman–Crippen LogP) is 3.43. The minimum atomic E-state index is -1.30. The first-order valence-electron chi connectivity index (χ1n) is 14.5. The number of nitrogens with one attached hydrogen (secondary N) is 3. The first-order chi connectivity index (χ1) is 19.8. The topological polar surface area (TPSA) is 134 Å². The maximum atomic E-state index is 13.5. The molecular weight excluding hydrogens is 569 g/mol. The highest BCUT2D eigenvalue weighted by Crippen LogP contribution is 2.43. The summed E-state index contributed by atoms with van der Waals surface area (Å²) in [5.41, 5.74) is 8.90. The van der Waals surface area contributed by atoms with E-state index in [0.29, 0.717) is 19.5 Å². The highest BCUT2D eigenvalue weighted by molar-refractivity contribution is 8.32. The molecule has 2 aromatic rings. The van der Waals surface area contributed by atoms with E-state index in [1.165, 1.54) is 16.8 Å². The molecule has 2 aliphatic heterocycles. The van der Waals surface area contributed by atoms with Gasteiger partial charge in [-0.3, -0.25) is 19.1 Å². The van der Waals surface area contributed by atoms with Gasteiger partial charge in [-0.05, 0) is 71.6 Å². The van der Waals surface area contributed by atoms with Crippen LogP contribution >= 0.6 is 8.44 Å². The van der Waals surface area contributed by atoms with E-state index in [-0.39, 0.29) is 29.1 Å². The molecule has 4 rings (SSSR count). The fourth-order valence-electron chi connectivity index (χ4n) is 5.25. The van der Waals surface area contributed by atoms with Crippen molar-refractivity contribution >= 4 is 42.5 Å². The number of fused-ring (bicyclic) bond motifs is 2. The Morgan fingerprint density at radius 3 is 2.26 bits per heavy atom. The molecule has 1 saturated heterocycles. The van der Waals surface area contributed by atoms with Crippen LogP contribution in [0, 0.1) is 5.92 Å². The molecule has 3 amide bonds. The third-order valence-electron chi connectivity index (χ3n) is 7.86. The number of carbonyl (C=O) groups is 3. The van der Waals surface area contributed by atoms with Crippen molar-refractivity contribution in [3.63, 3.8) is 0 Å². The van der Waals surface area contributed by atoms with Crippen LogP contribution in [0.25, 0.3) is 0 Å². The molecule has 42 heavy (non-hydrogen) atoms. The van der Waals surface area contributed by atoms with E-state index in [9.17, 15) is 18.6 Å². The van der Waals surface area contributed by atoms with Crippen LogP contribution in [-0.4, -0.2) is 58.0 Å². The molecule has 1 fully saturated rings. The smallest absolute Gasteiger partial charge is 0.245 e. The summed E-state index contributed by atoms with van der Waals surface area (Å²) in [6.07, 6.45) is 4.14. The number of amides is 3. The molecule has 0 aliphatic carbocycles. The lowest BCUT2D eigenvalue weighted by Gasteiger charge is -2.40. The summed E-state index contributed by atoms with van der Waals surface area (Å²) in [7, 11) is 0.688. The van der Waals surface area contributed by atoms with Gasteiger partial charge in [-0.2, -0.15) is 0 Å². The average molecular weight is 616 g/mol. The summed E-state index contributed by atoms with van der Waals surface area (Å²) in [5, 5.41) is 6.49. The molecule has 9 nitrogen and oxygen atoms in total. The molecular formula is C31H46N5O4PS. The van der Waals surface area contributed by atoms with Crippen molar-refractivity contribution in [2.75, 3.05) is 25.0 Å². The van der Waals surface area contributed by atoms with Crippen molar-refractivity contribution in [2.24, 2.45) is 11.7 Å². The van der Waals surface area contributed by atoms with Crippen molar-refractivity contribution in [3.05, 3.63) is 65.7 Å². The molecule has 2 aliphatic rings. The van der Waals surface area contributed by atoms with Crippen LogP contribution in [0.3, 0.4) is 0 Å². The molecule has 0 bridgehead atoms. The summed E-state index contributed by atoms with van der Waals surface area (Å²) in [6.45, 7) is 9.15. The quantitative estimate of drug-likeness (QED) is 0.320. The maximum absolute atomic E-state index is 13.5. The van der Waals surface area contributed by atoms with E-state index in [1.807, 2.05) is 31.5 Å². The van der Waals surface area contributed by atoms with E-state index < -0.39 is 22.2 Å². The Kier molecular flexibility index (Phi) is 12.1. The Bertz CT molecular complexity index is 1240. The number of para-hydroxylation sites is 1. The Morgan fingerprint density at radius 1 is 1.07 bits per heavy atom. The number of aryl methyl sites for hydroxylation is 1. The van der Waals surface area contributed by atoms with Gasteiger partial charge in [-0.1, -0.05) is 62.4 Å². The summed E-state index contributed by atoms with van der Waals surface area (Å²) in [4.78, 5) is 38.7. The van der Waals surface area contributed by atoms with E-state index in [2.05, 4.69) is 51.8 Å². The predicted molar refractivity (Wildman–Crippen MR) is 173 cm³/mol. The first kappa shape index (κ1) is 33.7. The Balaban J connectivity index is 0.000000467. The second kappa shape index (κ2) is 15.1. The zero-order valence-corrected chi connectivity index (χ0v) is 27.1. The molecule has 3 atom stereocenters. The van der Waals surface area contributed by atoms with Gasteiger partial charge < -0.3 is 21.3 Å². The van der Waals surface area contributed by atoms with Gasteiger partial charge in [0.1, 0.15) is 16.6 Å². The molecule has 2 aromatic carbocycles. The largest absolute Gasteiger partial charge is 0.384 e. The van der Waals surface area contributed by atoms with E-state index in [4.69, 9.17) is 5.73 Å². The molecule has 230 valence electrons. The summed E-state index contributed by atoms with van der Waals surface area (Å²) in [6, 6.07) is 18.2. The van der Waals surface area contributed by atoms with E-state index in [1.54, 1.807) is 27.7 Å². The molecule has 3 unspecified atom stereocenters. The minimum Gasteiger partial charge on any atom is -0.384 e. The van der Waals surface area contributed by atoms with Crippen LogP contribution in [0.5, 0.6) is 0 Å². The van der Waals surface area contributed by atoms with Crippen molar-refractivity contribution < 1.29 is 18.6 Å². The second-order valence-electron chi connectivity index (χ2n) is 12.0. The van der Waals surface area contributed by atoms with Gasteiger partial charge in [0, 0.05) is 36.7 Å². The Hall–Kier alpha value is -2.81. The molecule has 0 saturated carbocycles. The molecule has 0 radical (unpaired) electrons. The van der Waals surface area contributed by atoms with Crippen LogP contribution in [0.4, 0.5) is 5.69 Å². The number of likely N-dealkylation sites (tertiary alicyclic amines) is 1. The monoisotopic (exact) mass is 615 g/mol. The Labute approximate surface area is 254 Å². The number of nitrogens with two attached hydrogens (primary N) is 1. The van der Waals surface area contributed by atoms with Crippen molar-refractivity contribution in [1.82, 2.24) is 14.9 Å². The summed E-state index contributed by atoms with van der Waals surface area (Å²) < 4.78 is 12.5. The number of nitrogens with zero attached hydrogens (tertiary/aromatic N) is 1. The fourth-order valence-corrected chi connectivity index (χ4v) is 6.04.